The van der Waals surface area contributed by atoms with Gasteiger partial charge in [-0.2, -0.15) is 0 Å². The van der Waals surface area contributed by atoms with Gasteiger partial charge in [0.05, 0.1) is 5.60 Å². The summed E-state index contributed by atoms with van der Waals surface area (Å²) in [6, 6.07) is 0. The van der Waals surface area contributed by atoms with Gasteiger partial charge in [0, 0.05) is 11.2 Å². The van der Waals surface area contributed by atoms with Gasteiger partial charge in [0.2, 0.25) is 0 Å². The van der Waals surface area contributed by atoms with Crippen LogP contribution in [0.2, 0.25) is 0 Å². The summed E-state index contributed by atoms with van der Waals surface area (Å²) in [7, 11) is -2.70. The van der Waals surface area contributed by atoms with Gasteiger partial charge in [-0.3, -0.25) is 0 Å². The van der Waals surface area contributed by atoms with Crippen molar-refractivity contribution in [2.75, 3.05) is 19.8 Å². The number of nitrogens with two attached hydrogens (primary N) is 1. The Morgan fingerprint density at radius 1 is 1.33 bits per heavy atom. The fourth-order valence-electron chi connectivity index (χ4n) is 1.12. The molecule has 0 aromatic carbocycles. The summed E-state index contributed by atoms with van der Waals surface area (Å²) in [5.74, 6) is 0. The third-order valence-corrected chi connectivity index (χ3v) is 3.32. The van der Waals surface area contributed by atoms with Crippen molar-refractivity contribution in [1.82, 2.24) is 0 Å². The molecular weight excluding hydrogens is 257 g/mol. The highest BCUT2D eigenvalue weighted by Gasteiger charge is 2.32. The van der Waals surface area contributed by atoms with E-state index in [1.54, 1.807) is 13.8 Å². The molecule has 0 spiro atoms. The molecule has 0 fully saturated rings. The molecule has 2 atom stereocenters. The third kappa shape index (κ3) is 7.36. The van der Waals surface area contributed by atoms with E-state index in [0.717, 1.165) is 6.42 Å². The lowest BCUT2D eigenvalue weighted by Gasteiger charge is -2.31. The van der Waals surface area contributed by atoms with Gasteiger partial charge in [-0.1, -0.05) is 13.8 Å². The molecule has 4 N–H and O–H groups in total. The van der Waals surface area contributed by atoms with Crippen LogP contribution in [0.1, 0.15) is 34.1 Å². The zero-order valence-electron chi connectivity index (χ0n) is 11.5. The Bertz CT molecular complexity index is 270. The van der Waals surface area contributed by atoms with Crippen LogP contribution in [-0.2, 0) is 13.8 Å². The molecule has 0 aliphatic rings. The highest BCUT2D eigenvalue weighted by Crippen LogP contribution is 2.23. The first-order chi connectivity index (χ1) is 8.10. The minimum atomic E-state index is -2.70. The van der Waals surface area contributed by atoms with Crippen molar-refractivity contribution in [3.63, 3.8) is 0 Å². The van der Waals surface area contributed by atoms with Gasteiger partial charge < -0.3 is 15.6 Å². The summed E-state index contributed by atoms with van der Waals surface area (Å²) in [5, 5.41) is 9.80. The van der Waals surface area contributed by atoms with Crippen LogP contribution in [0.4, 0.5) is 0 Å². The van der Waals surface area contributed by atoms with Crippen LogP contribution in [0.15, 0.2) is 0 Å². The summed E-state index contributed by atoms with van der Waals surface area (Å²) in [5.41, 5.74) is 4.77. The third-order valence-electron chi connectivity index (χ3n) is 2.95. The second-order valence-electron chi connectivity index (χ2n) is 5.62. The highest BCUT2D eigenvalue weighted by atomic mass is 31.1. The minimum absolute atomic E-state index is 0.00796. The van der Waals surface area contributed by atoms with Gasteiger partial charge in [0.1, 0.15) is 12.7 Å². The largest absolute Gasteiger partial charge is 0.694 e. The van der Waals surface area contributed by atoms with Crippen molar-refractivity contribution in [3.8, 4) is 0 Å². The van der Waals surface area contributed by atoms with Gasteiger partial charge in [0.15, 0.2) is 0 Å². The molecule has 0 aliphatic carbocycles. The van der Waals surface area contributed by atoms with Crippen LogP contribution >= 0.6 is 8.25 Å². The molecule has 0 saturated carbocycles. The van der Waals surface area contributed by atoms with Crippen LogP contribution in [-0.4, -0.2) is 41.5 Å². The Morgan fingerprint density at radius 2 is 1.89 bits per heavy atom. The van der Waals surface area contributed by atoms with Crippen LogP contribution in [0.3, 0.4) is 0 Å². The van der Waals surface area contributed by atoms with Crippen molar-refractivity contribution in [2.45, 2.75) is 45.8 Å². The fraction of sp³-hybridized carbons (Fsp3) is 1.00. The molecule has 0 radical (unpaired) electrons. The molecule has 2 unspecified atom stereocenters. The molecule has 0 amide bonds. The van der Waals surface area contributed by atoms with E-state index in [-0.39, 0.29) is 12.0 Å². The van der Waals surface area contributed by atoms with E-state index in [4.69, 9.17) is 15.4 Å². The molecule has 108 valence electrons. The molecule has 18 heavy (non-hydrogen) atoms. The Kier molecular flexibility index (Phi) is 7.44. The van der Waals surface area contributed by atoms with Gasteiger partial charge >= 0.3 is 8.25 Å². The zero-order valence-corrected chi connectivity index (χ0v) is 12.4. The van der Waals surface area contributed by atoms with Crippen molar-refractivity contribution in [3.05, 3.63) is 0 Å². The van der Waals surface area contributed by atoms with Crippen LogP contribution in [0.5, 0.6) is 0 Å². The number of ether oxygens (including phenoxy) is 1. The van der Waals surface area contributed by atoms with Crippen LogP contribution < -0.4 is 5.73 Å². The number of hydrogen-bond acceptors (Lipinski definition) is 5. The Balaban J connectivity index is 4.09. The number of rotatable bonds is 9. The fourth-order valence-corrected chi connectivity index (χ4v) is 1.39. The van der Waals surface area contributed by atoms with Gasteiger partial charge in [-0.05, 0) is 32.2 Å². The number of hydrogen-bond donors (Lipinski definition) is 3. The first-order valence-electron chi connectivity index (χ1n) is 5.92. The number of aliphatic hydroxyl groups excluding tert-OH is 1. The summed E-state index contributed by atoms with van der Waals surface area (Å²) >= 11 is 0. The molecule has 0 rings (SSSR count). The predicted molar refractivity (Wildman–Crippen MR) is 69.3 cm³/mol. The van der Waals surface area contributed by atoms with E-state index in [2.05, 4.69) is 4.52 Å². The molecule has 0 bridgehead atoms. The average Bonchev–Trinajstić information content (AvgIpc) is 2.25. The van der Waals surface area contributed by atoms with Crippen LogP contribution in [0, 0.1) is 5.41 Å². The molecular formula is C11H25NO5P+. The lowest BCUT2D eigenvalue weighted by Crippen LogP contribution is -2.42. The van der Waals surface area contributed by atoms with Gasteiger partial charge in [-0.25, -0.2) is 0 Å². The maximum atomic E-state index is 10.4. The normalized spacial score (nSPS) is 15.6. The first kappa shape index (κ1) is 17.9. The summed E-state index contributed by atoms with van der Waals surface area (Å²) in [6.07, 6.45) is -0.195. The molecule has 0 aliphatic heterocycles. The first-order valence-corrected chi connectivity index (χ1v) is 7.05. The van der Waals surface area contributed by atoms with Crippen LogP contribution in [0.25, 0.3) is 0 Å². The Labute approximate surface area is 109 Å². The van der Waals surface area contributed by atoms with E-state index < -0.39 is 20.0 Å². The van der Waals surface area contributed by atoms with Gasteiger partial charge in [0.25, 0.3) is 0 Å². The second-order valence-corrected chi connectivity index (χ2v) is 6.35. The quantitative estimate of drug-likeness (QED) is 0.549. The topological polar surface area (TPSA) is 102 Å². The maximum Gasteiger partial charge on any atom is 0.694 e. The molecule has 0 heterocycles. The van der Waals surface area contributed by atoms with Gasteiger partial charge in [-0.15, -0.1) is 9.42 Å². The SMILES string of the molecule is CC(C)(CN)CCOC(C)(C)C(O)CO[P+](=O)O. The zero-order chi connectivity index (χ0) is 14.4. The lowest BCUT2D eigenvalue weighted by molar-refractivity contribution is -0.116. The smallest absolute Gasteiger partial charge is 0.388 e. The molecule has 0 aromatic heterocycles. The molecule has 0 aromatic rings. The summed E-state index contributed by atoms with van der Waals surface area (Å²) in [4.78, 5) is 8.50. The van der Waals surface area contributed by atoms with Crippen molar-refractivity contribution in [1.29, 1.82) is 0 Å². The Morgan fingerprint density at radius 3 is 2.33 bits per heavy atom. The lowest BCUT2D eigenvalue weighted by atomic mass is 9.90. The standard InChI is InChI=1S/C11H24NO5P/c1-10(2,8-12)5-6-16-11(3,4)9(13)7-17-18(14)15/h9,13H,5-8,12H2,1-4H3/p+1. The highest BCUT2D eigenvalue weighted by molar-refractivity contribution is 7.32. The molecule has 0 saturated heterocycles. The summed E-state index contributed by atoms with van der Waals surface area (Å²) < 4.78 is 20.4. The van der Waals surface area contributed by atoms with Crippen molar-refractivity contribution >= 4 is 8.25 Å². The minimum Gasteiger partial charge on any atom is -0.388 e. The second kappa shape index (κ2) is 7.48. The van der Waals surface area contributed by atoms with E-state index in [1.807, 2.05) is 13.8 Å². The number of aliphatic hydroxyl groups is 1. The van der Waals surface area contributed by atoms with E-state index in [1.165, 1.54) is 0 Å². The van der Waals surface area contributed by atoms with Crippen molar-refractivity contribution in [2.24, 2.45) is 11.1 Å². The summed E-state index contributed by atoms with van der Waals surface area (Å²) in [6.45, 7) is 8.28. The monoisotopic (exact) mass is 282 g/mol. The Hall–Kier alpha value is -0.100. The van der Waals surface area contributed by atoms with E-state index in [9.17, 15) is 9.67 Å². The van der Waals surface area contributed by atoms with E-state index >= 15 is 0 Å². The van der Waals surface area contributed by atoms with E-state index in [0.29, 0.717) is 13.2 Å². The predicted octanol–water partition coefficient (Wildman–Crippen LogP) is 1.18. The average molecular weight is 282 g/mol. The molecule has 7 heteroatoms. The van der Waals surface area contributed by atoms with Crippen molar-refractivity contribution < 1.29 is 23.8 Å². The maximum absolute atomic E-state index is 10.4. The molecule has 6 nitrogen and oxygen atoms in total.